The predicted molar refractivity (Wildman–Crippen MR) is 61.8 cm³/mol. The van der Waals surface area contributed by atoms with Crippen LogP contribution < -0.4 is 10.1 Å². The Morgan fingerprint density at radius 2 is 1.94 bits per heavy atom. The molecule has 0 spiro atoms. The summed E-state index contributed by atoms with van der Waals surface area (Å²) >= 11 is -2.58. The van der Waals surface area contributed by atoms with Crippen molar-refractivity contribution in [1.82, 2.24) is 5.01 Å². The third-order valence-electron chi connectivity index (χ3n) is 2.03. The average molecular weight is 279 g/mol. The number of hydrazine groups is 1. The van der Waals surface area contributed by atoms with E-state index in [1.807, 2.05) is 0 Å². The number of hydrogen-bond donors (Lipinski definition) is 2. The van der Waals surface area contributed by atoms with E-state index in [2.05, 4.69) is 0 Å². The molecule has 100 valence electrons. The topological polar surface area (TPSA) is 86.9 Å². The monoisotopic (exact) mass is 279 g/mol. The van der Waals surface area contributed by atoms with Gasteiger partial charge in [-0.25, -0.2) is 18.0 Å². The Bertz CT molecular complexity index is 510. The fourth-order valence-corrected chi connectivity index (χ4v) is 1.94. The first-order chi connectivity index (χ1) is 8.27. The smallest absolute Gasteiger partial charge is 0.277 e. The second-order valence-electron chi connectivity index (χ2n) is 3.47. The van der Waals surface area contributed by atoms with E-state index in [1.165, 1.54) is 14.1 Å². The van der Waals surface area contributed by atoms with Crippen molar-refractivity contribution in [2.24, 2.45) is 5.73 Å². The lowest BCUT2D eigenvalue weighted by Gasteiger charge is -2.26. The zero-order valence-corrected chi connectivity index (χ0v) is 10.4. The summed E-state index contributed by atoms with van der Waals surface area (Å²) in [5.74, 6) is -3.72. The minimum atomic E-state index is -2.58. The van der Waals surface area contributed by atoms with E-state index in [-0.39, 0.29) is 0 Å². The Kier molecular flexibility index (Phi) is 4.33. The third-order valence-corrected chi connectivity index (χ3v) is 2.85. The molecule has 0 radical (unpaired) electrons. The lowest BCUT2D eigenvalue weighted by atomic mass is 10.1. The molecule has 0 aliphatic heterocycles. The summed E-state index contributed by atoms with van der Waals surface area (Å²) in [6.07, 6.45) is 0. The maximum atomic E-state index is 13.9. The van der Waals surface area contributed by atoms with Crippen LogP contribution in [0.3, 0.4) is 0 Å². The molecule has 1 rings (SSSR count). The van der Waals surface area contributed by atoms with Crippen LogP contribution in [-0.4, -0.2) is 33.8 Å². The van der Waals surface area contributed by atoms with Crippen LogP contribution in [0, 0.1) is 11.6 Å². The van der Waals surface area contributed by atoms with Crippen LogP contribution in [0.2, 0.25) is 0 Å². The second-order valence-corrected chi connectivity index (χ2v) is 4.28. The Morgan fingerprint density at radius 3 is 2.33 bits per heavy atom. The first-order valence-corrected chi connectivity index (χ1v) is 5.69. The average Bonchev–Trinajstić information content (AvgIpc) is 2.20. The molecule has 6 nitrogen and oxygen atoms in total. The number of carbonyl (C=O) groups is 1. The van der Waals surface area contributed by atoms with Gasteiger partial charge in [0, 0.05) is 14.1 Å². The van der Waals surface area contributed by atoms with Crippen molar-refractivity contribution in [1.29, 1.82) is 0 Å². The van der Waals surface area contributed by atoms with Crippen LogP contribution >= 0.6 is 0 Å². The van der Waals surface area contributed by atoms with E-state index in [9.17, 15) is 17.8 Å². The van der Waals surface area contributed by atoms with Crippen LogP contribution in [-0.2, 0) is 11.3 Å². The van der Waals surface area contributed by atoms with Crippen LogP contribution in [0.25, 0.3) is 0 Å². The maximum Gasteiger partial charge on any atom is 0.277 e. The molecule has 1 atom stereocenters. The summed E-state index contributed by atoms with van der Waals surface area (Å²) in [5, 5.41) is 1.11. The number of benzene rings is 1. The van der Waals surface area contributed by atoms with E-state index in [1.54, 1.807) is 0 Å². The summed E-state index contributed by atoms with van der Waals surface area (Å²) in [7, 11) is 2.75. The van der Waals surface area contributed by atoms with Crippen LogP contribution in [0.5, 0.6) is 0 Å². The molecule has 1 aromatic carbocycles. The second kappa shape index (κ2) is 5.38. The van der Waals surface area contributed by atoms with Crippen LogP contribution in [0.1, 0.15) is 10.4 Å². The fourth-order valence-electron chi connectivity index (χ4n) is 1.35. The van der Waals surface area contributed by atoms with E-state index in [4.69, 9.17) is 10.3 Å². The molecule has 1 unspecified atom stereocenters. The molecule has 9 heteroatoms. The highest BCUT2D eigenvalue weighted by Crippen LogP contribution is 2.25. The minimum absolute atomic E-state index is 0.434. The highest BCUT2D eigenvalue weighted by molar-refractivity contribution is 7.80. The van der Waals surface area contributed by atoms with Crippen molar-refractivity contribution < 1.29 is 22.3 Å². The van der Waals surface area contributed by atoms with Gasteiger partial charge in [-0.2, -0.15) is 4.41 Å². The van der Waals surface area contributed by atoms with Crippen molar-refractivity contribution in [3.05, 3.63) is 29.3 Å². The Labute approximate surface area is 104 Å². The summed E-state index contributed by atoms with van der Waals surface area (Å²) in [6.45, 7) is 0. The maximum absolute atomic E-state index is 13.9. The SMILES string of the molecule is CN(C)N(c1ccc(F)c(C(N)=O)c1F)S(=O)O. The van der Waals surface area contributed by atoms with Crippen molar-refractivity contribution in [2.45, 2.75) is 0 Å². The van der Waals surface area contributed by atoms with E-state index in [0.29, 0.717) is 4.41 Å². The molecule has 0 saturated heterocycles. The number of primary amides is 1. The number of hydrogen-bond acceptors (Lipinski definition) is 3. The standard InChI is InChI=1S/C9H11F2N3O3S/c1-13(2)14(18(16)17)6-4-3-5(10)7(8(6)11)9(12)15/h3-4H,1-2H3,(H2,12,15)(H,16,17). The highest BCUT2D eigenvalue weighted by Gasteiger charge is 2.25. The van der Waals surface area contributed by atoms with Gasteiger partial charge in [0.05, 0.1) is 0 Å². The van der Waals surface area contributed by atoms with E-state index in [0.717, 1.165) is 17.1 Å². The van der Waals surface area contributed by atoms with Gasteiger partial charge in [0.15, 0.2) is 5.82 Å². The minimum Gasteiger partial charge on any atom is -0.365 e. The van der Waals surface area contributed by atoms with Gasteiger partial charge in [-0.05, 0) is 12.1 Å². The van der Waals surface area contributed by atoms with Crippen LogP contribution in [0.15, 0.2) is 12.1 Å². The molecule has 0 aromatic heterocycles. The van der Waals surface area contributed by atoms with Crippen molar-refractivity contribution >= 4 is 22.9 Å². The number of nitrogens with zero attached hydrogens (tertiary/aromatic N) is 2. The molecule has 0 aliphatic carbocycles. The summed E-state index contributed by atoms with van der Waals surface area (Å²) in [5.41, 5.74) is 3.46. The number of amides is 1. The lowest BCUT2D eigenvalue weighted by molar-refractivity contribution is 0.0992. The molecule has 0 heterocycles. The summed E-state index contributed by atoms with van der Waals surface area (Å²) in [6, 6.07) is 1.73. The zero-order chi connectivity index (χ0) is 14.0. The van der Waals surface area contributed by atoms with Gasteiger partial charge in [-0.15, -0.1) is 0 Å². The van der Waals surface area contributed by atoms with E-state index < -0.39 is 40.1 Å². The van der Waals surface area contributed by atoms with Crippen molar-refractivity contribution in [2.75, 3.05) is 18.5 Å². The number of rotatable bonds is 4. The molecule has 18 heavy (non-hydrogen) atoms. The van der Waals surface area contributed by atoms with Crippen molar-refractivity contribution in [3.8, 4) is 0 Å². The Hall–Kier alpha value is -1.58. The summed E-state index contributed by atoms with van der Waals surface area (Å²) < 4.78 is 47.9. The Morgan fingerprint density at radius 1 is 1.39 bits per heavy atom. The normalized spacial score (nSPS) is 12.6. The number of halogens is 2. The first kappa shape index (κ1) is 14.5. The molecular weight excluding hydrogens is 268 g/mol. The van der Waals surface area contributed by atoms with Crippen LogP contribution in [0.4, 0.5) is 14.5 Å². The molecule has 0 saturated carbocycles. The Balaban J connectivity index is 3.47. The van der Waals surface area contributed by atoms with Gasteiger partial charge in [0.2, 0.25) is 0 Å². The van der Waals surface area contributed by atoms with Gasteiger partial charge in [0.1, 0.15) is 17.1 Å². The third kappa shape index (κ3) is 2.63. The lowest BCUT2D eigenvalue weighted by Crippen LogP contribution is -2.39. The molecular formula is C9H11F2N3O3S. The number of nitrogens with two attached hydrogens (primary N) is 1. The van der Waals surface area contributed by atoms with Gasteiger partial charge in [-0.3, -0.25) is 9.35 Å². The van der Waals surface area contributed by atoms with Gasteiger partial charge < -0.3 is 5.73 Å². The molecule has 3 N–H and O–H groups in total. The molecule has 0 bridgehead atoms. The van der Waals surface area contributed by atoms with E-state index >= 15 is 0 Å². The van der Waals surface area contributed by atoms with Gasteiger partial charge in [-0.1, -0.05) is 0 Å². The molecule has 1 aromatic rings. The highest BCUT2D eigenvalue weighted by atomic mass is 32.2. The largest absolute Gasteiger partial charge is 0.365 e. The zero-order valence-electron chi connectivity index (χ0n) is 9.55. The molecule has 0 aliphatic rings. The van der Waals surface area contributed by atoms with Crippen molar-refractivity contribution in [3.63, 3.8) is 0 Å². The van der Waals surface area contributed by atoms with Gasteiger partial charge >= 0.3 is 0 Å². The number of carbonyl (C=O) groups excluding carboxylic acids is 1. The van der Waals surface area contributed by atoms with Gasteiger partial charge in [0.25, 0.3) is 17.2 Å². The number of anilines is 1. The first-order valence-electron chi connectivity index (χ1n) is 4.63. The quantitative estimate of drug-likeness (QED) is 0.620. The molecule has 1 amide bonds. The predicted octanol–water partition coefficient (Wildman–Crippen LogP) is 0.483. The molecule has 0 fully saturated rings. The summed E-state index contributed by atoms with van der Waals surface area (Å²) in [4.78, 5) is 10.9. The fraction of sp³-hybridized carbons (Fsp3) is 0.222.